The fourth-order valence-electron chi connectivity index (χ4n) is 4.56. The molecule has 4 aromatic rings. The SMILES string of the molecule is NC(N)=NCCC[C@@H](N)C(=O)N[C@H](CCc1ccccc1)C(O)c1nc2ccc(Cc3ccccc3)cc2[nH]1. The van der Waals surface area contributed by atoms with Crippen LogP contribution < -0.4 is 22.5 Å². The predicted molar refractivity (Wildman–Crippen MR) is 155 cm³/mol. The second-order valence-corrected chi connectivity index (χ2v) is 9.78. The number of rotatable bonds is 13. The van der Waals surface area contributed by atoms with Crippen LogP contribution in [-0.2, 0) is 17.6 Å². The van der Waals surface area contributed by atoms with Gasteiger partial charge in [0.2, 0.25) is 5.91 Å². The molecule has 0 spiro atoms. The summed E-state index contributed by atoms with van der Waals surface area (Å²) in [6.07, 6.45) is 1.91. The molecule has 9 nitrogen and oxygen atoms in total. The molecule has 4 rings (SSSR count). The number of fused-ring (bicyclic) bond motifs is 1. The highest BCUT2D eigenvalue weighted by atomic mass is 16.3. The Morgan fingerprint density at radius 1 is 0.949 bits per heavy atom. The molecule has 1 unspecified atom stereocenters. The minimum absolute atomic E-state index is 0.00939. The molecule has 204 valence electrons. The minimum atomic E-state index is -1.04. The molecule has 3 aromatic carbocycles. The molecule has 39 heavy (non-hydrogen) atoms. The van der Waals surface area contributed by atoms with Crippen LogP contribution in [0.2, 0.25) is 0 Å². The number of aromatic amines is 1. The summed E-state index contributed by atoms with van der Waals surface area (Å²) in [5.41, 5.74) is 21.9. The van der Waals surface area contributed by atoms with E-state index in [-0.39, 0.29) is 11.9 Å². The van der Waals surface area contributed by atoms with Crippen LogP contribution in [0.3, 0.4) is 0 Å². The molecule has 3 atom stereocenters. The Labute approximate surface area is 228 Å². The number of aliphatic hydroxyl groups is 1. The Bertz CT molecular complexity index is 1370. The summed E-state index contributed by atoms with van der Waals surface area (Å²) in [5.74, 6) is 0.0785. The van der Waals surface area contributed by atoms with E-state index in [1.807, 2.05) is 60.7 Å². The van der Waals surface area contributed by atoms with Gasteiger partial charge in [-0.15, -0.1) is 0 Å². The maximum absolute atomic E-state index is 13.0. The Morgan fingerprint density at radius 3 is 2.33 bits per heavy atom. The molecule has 9 N–H and O–H groups in total. The van der Waals surface area contributed by atoms with Crippen LogP contribution in [0.1, 0.15) is 47.9 Å². The largest absolute Gasteiger partial charge is 0.383 e. The zero-order chi connectivity index (χ0) is 27.6. The first-order valence-electron chi connectivity index (χ1n) is 13.2. The van der Waals surface area contributed by atoms with E-state index in [9.17, 15) is 9.90 Å². The van der Waals surface area contributed by atoms with Crippen molar-refractivity contribution in [3.63, 3.8) is 0 Å². The van der Waals surface area contributed by atoms with Crippen molar-refractivity contribution in [1.29, 1.82) is 0 Å². The molecule has 0 saturated carbocycles. The number of hydrogen-bond acceptors (Lipinski definition) is 5. The number of carbonyl (C=O) groups excluding carboxylic acids is 1. The quantitative estimate of drug-likeness (QED) is 0.0887. The fraction of sp³-hybridized carbons (Fsp3) is 0.300. The fourth-order valence-corrected chi connectivity index (χ4v) is 4.56. The lowest BCUT2D eigenvalue weighted by Crippen LogP contribution is -2.48. The molecule has 0 fully saturated rings. The molecule has 1 amide bonds. The van der Waals surface area contributed by atoms with Crippen LogP contribution in [0, 0.1) is 0 Å². The topological polar surface area (TPSA) is 168 Å². The van der Waals surface area contributed by atoms with Gasteiger partial charge in [0.25, 0.3) is 0 Å². The van der Waals surface area contributed by atoms with Crippen molar-refractivity contribution in [3.8, 4) is 0 Å². The minimum Gasteiger partial charge on any atom is -0.383 e. The van der Waals surface area contributed by atoms with E-state index in [1.165, 1.54) is 5.56 Å². The second-order valence-electron chi connectivity index (χ2n) is 9.78. The van der Waals surface area contributed by atoms with Crippen molar-refractivity contribution in [2.24, 2.45) is 22.2 Å². The summed E-state index contributed by atoms with van der Waals surface area (Å²) in [6.45, 7) is 0.397. The van der Waals surface area contributed by atoms with Gasteiger partial charge in [-0.25, -0.2) is 4.98 Å². The van der Waals surface area contributed by atoms with Gasteiger partial charge >= 0.3 is 0 Å². The molecular weight excluding hydrogens is 490 g/mol. The summed E-state index contributed by atoms with van der Waals surface area (Å²) >= 11 is 0. The number of nitrogens with zero attached hydrogens (tertiary/aromatic N) is 2. The van der Waals surface area contributed by atoms with Gasteiger partial charge in [-0.1, -0.05) is 66.7 Å². The van der Waals surface area contributed by atoms with Crippen molar-refractivity contribution in [2.45, 2.75) is 50.3 Å². The number of benzene rings is 3. The number of nitrogens with one attached hydrogen (secondary N) is 2. The number of aryl methyl sites for hydroxylation is 1. The second kappa shape index (κ2) is 13.5. The normalized spacial score (nSPS) is 13.5. The third kappa shape index (κ3) is 8.13. The molecule has 1 heterocycles. The highest BCUT2D eigenvalue weighted by molar-refractivity contribution is 5.82. The average molecular weight is 528 g/mol. The van der Waals surface area contributed by atoms with Crippen LogP contribution in [0.5, 0.6) is 0 Å². The van der Waals surface area contributed by atoms with E-state index in [4.69, 9.17) is 17.2 Å². The van der Waals surface area contributed by atoms with Crippen molar-refractivity contribution < 1.29 is 9.90 Å². The molecule has 0 aliphatic rings. The lowest BCUT2D eigenvalue weighted by molar-refractivity contribution is -0.124. The average Bonchev–Trinajstić information content (AvgIpc) is 3.37. The third-order valence-electron chi connectivity index (χ3n) is 6.70. The monoisotopic (exact) mass is 527 g/mol. The van der Waals surface area contributed by atoms with Crippen LogP contribution in [0.15, 0.2) is 83.9 Å². The summed E-state index contributed by atoms with van der Waals surface area (Å²) in [4.78, 5) is 24.8. The summed E-state index contributed by atoms with van der Waals surface area (Å²) in [6, 6.07) is 24.9. The molecule has 9 heteroatoms. The van der Waals surface area contributed by atoms with Crippen molar-refractivity contribution in [1.82, 2.24) is 15.3 Å². The van der Waals surface area contributed by atoms with E-state index in [0.717, 1.165) is 28.6 Å². The van der Waals surface area contributed by atoms with Gasteiger partial charge in [0.1, 0.15) is 11.9 Å². The summed E-state index contributed by atoms with van der Waals surface area (Å²) < 4.78 is 0. The maximum atomic E-state index is 13.0. The van der Waals surface area contributed by atoms with Crippen LogP contribution in [0.25, 0.3) is 11.0 Å². The highest BCUT2D eigenvalue weighted by Gasteiger charge is 2.27. The number of aliphatic hydroxyl groups excluding tert-OH is 1. The number of aromatic nitrogens is 2. The highest BCUT2D eigenvalue weighted by Crippen LogP contribution is 2.23. The van der Waals surface area contributed by atoms with Gasteiger partial charge in [0.05, 0.1) is 23.1 Å². The first-order chi connectivity index (χ1) is 18.9. The van der Waals surface area contributed by atoms with Crippen LogP contribution >= 0.6 is 0 Å². The number of hydrogen-bond donors (Lipinski definition) is 6. The van der Waals surface area contributed by atoms with Crippen molar-refractivity contribution >= 4 is 22.9 Å². The Morgan fingerprint density at radius 2 is 1.64 bits per heavy atom. The van der Waals surface area contributed by atoms with Crippen molar-refractivity contribution in [3.05, 3.63) is 101 Å². The molecule has 0 saturated heterocycles. The zero-order valence-corrected chi connectivity index (χ0v) is 22.0. The number of aliphatic imine (C=N–C) groups is 1. The zero-order valence-electron chi connectivity index (χ0n) is 22.0. The van der Waals surface area contributed by atoms with E-state index in [1.54, 1.807) is 0 Å². The number of carbonyl (C=O) groups is 1. The lowest BCUT2D eigenvalue weighted by Gasteiger charge is -2.24. The summed E-state index contributed by atoms with van der Waals surface area (Å²) in [5, 5.41) is 14.3. The van der Waals surface area contributed by atoms with Gasteiger partial charge in [-0.05, 0) is 60.9 Å². The maximum Gasteiger partial charge on any atom is 0.237 e. The Balaban J connectivity index is 1.48. The molecule has 0 radical (unpaired) electrons. The van der Waals surface area contributed by atoms with E-state index in [2.05, 4.69) is 38.5 Å². The third-order valence-corrected chi connectivity index (χ3v) is 6.70. The number of H-pyrrole nitrogens is 1. The van der Waals surface area contributed by atoms with E-state index < -0.39 is 18.2 Å². The predicted octanol–water partition coefficient (Wildman–Crippen LogP) is 2.69. The van der Waals surface area contributed by atoms with Crippen LogP contribution in [0.4, 0.5) is 0 Å². The van der Waals surface area contributed by atoms with Gasteiger partial charge in [0, 0.05) is 6.54 Å². The Hall–Kier alpha value is -4.21. The van der Waals surface area contributed by atoms with E-state index in [0.29, 0.717) is 38.1 Å². The van der Waals surface area contributed by atoms with Crippen LogP contribution in [-0.4, -0.2) is 45.6 Å². The van der Waals surface area contributed by atoms with Crippen molar-refractivity contribution in [2.75, 3.05) is 6.54 Å². The molecular formula is C30H37N7O2. The number of amides is 1. The molecule has 1 aromatic heterocycles. The molecule has 0 aliphatic heterocycles. The van der Waals surface area contributed by atoms with E-state index >= 15 is 0 Å². The van der Waals surface area contributed by atoms with Gasteiger partial charge < -0.3 is 32.6 Å². The Kier molecular flexibility index (Phi) is 9.66. The van der Waals surface area contributed by atoms with Gasteiger partial charge in [-0.2, -0.15) is 0 Å². The number of imidazole rings is 1. The summed E-state index contributed by atoms with van der Waals surface area (Å²) in [7, 11) is 0. The standard InChI is InChI=1S/C30H37N7O2/c31-23(12-7-17-34-30(32)33)29(39)37-25(16-13-20-8-3-1-4-9-20)27(38)28-35-24-15-14-22(19-26(24)36-28)18-21-10-5-2-6-11-21/h1-6,8-11,14-15,19,23,25,27,38H,7,12-13,16-18,31H2,(H,35,36)(H,37,39)(H4,32,33,34)/t23-,25-,27?/m1/s1. The number of nitrogens with two attached hydrogens (primary N) is 3. The molecule has 0 aliphatic carbocycles. The van der Waals surface area contributed by atoms with Gasteiger partial charge in [-0.3, -0.25) is 9.79 Å². The smallest absolute Gasteiger partial charge is 0.237 e. The first kappa shape index (κ1) is 27.8. The lowest BCUT2D eigenvalue weighted by atomic mass is 10.00. The first-order valence-corrected chi connectivity index (χ1v) is 13.2. The van der Waals surface area contributed by atoms with Gasteiger partial charge in [0.15, 0.2) is 5.96 Å². The molecule has 0 bridgehead atoms. The number of guanidine groups is 1.